The number of nitrogens with one attached hydrogen (secondary N) is 1. The van der Waals surface area contributed by atoms with Crippen LogP contribution in [-0.4, -0.2) is 22.6 Å². The molecule has 1 aromatic heterocycles. The van der Waals surface area contributed by atoms with Gasteiger partial charge in [-0.2, -0.15) is 4.98 Å². The zero-order chi connectivity index (χ0) is 12.1. The van der Waals surface area contributed by atoms with Crippen LogP contribution in [-0.2, 0) is 0 Å². The summed E-state index contributed by atoms with van der Waals surface area (Å²) in [4.78, 5) is 8.56. The van der Waals surface area contributed by atoms with Crippen LogP contribution in [0.25, 0.3) is 0 Å². The molecule has 1 fully saturated rings. The van der Waals surface area contributed by atoms with Crippen LogP contribution in [0.4, 0.5) is 5.95 Å². The van der Waals surface area contributed by atoms with Crippen molar-refractivity contribution in [2.24, 2.45) is 5.92 Å². The normalized spacial score (nSPS) is 18.0. The molecule has 0 bridgehead atoms. The van der Waals surface area contributed by atoms with Crippen LogP contribution in [0.3, 0.4) is 0 Å². The fourth-order valence-corrected chi connectivity index (χ4v) is 2.42. The summed E-state index contributed by atoms with van der Waals surface area (Å²) in [5.41, 5.74) is 0. The molecular formula is C13H21N3O. The predicted octanol–water partition coefficient (Wildman–Crippen LogP) is 2.87. The predicted molar refractivity (Wildman–Crippen MR) is 68.2 cm³/mol. The molecule has 1 aliphatic carbocycles. The first-order chi connectivity index (χ1) is 8.29. The van der Waals surface area contributed by atoms with E-state index in [2.05, 4.69) is 22.2 Å². The Bertz CT molecular complexity index is 350. The van der Waals surface area contributed by atoms with Crippen molar-refractivity contribution in [1.29, 1.82) is 0 Å². The largest absolute Gasteiger partial charge is 0.478 e. The molecule has 94 valence electrons. The molecule has 1 unspecified atom stereocenters. The van der Waals surface area contributed by atoms with E-state index in [1.54, 1.807) is 12.3 Å². The Kier molecular flexibility index (Phi) is 4.18. The minimum atomic E-state index is 0.439. The van der Waals surface area contributed by atoms with Crippen molar-refractivity contribution in [2.45, 2.75) is 45.6 Å². The van der Waals surface area contributed by atoms with Crippen molar-refractivity contribution >= 4 is 5.95 Å². The highest BCUT2D eigenvalue weighted by atomic mass is 16.5. The van der Waals surface area contributed by atoms with Gasteiger partial charge in [-0.3, -0.25) is 0 Å². The number of anilines is 1. The highest BCUT2D eigenvalue weighted by molar-refractivity contribution is 5.28. The van der Waals surface area contributed by atoms with Crippen LogP contribution in [0.15, 0.2) is 12.3 Å². The summed E-state index contributed by atoms with van der Waals surface area (Å²) in [6.45, 7) is 4.80. The van der Waals surface area contributed by atoms with Crippen molar-refractivity contribution in [1.82, 2.24) is 9.97 Å². The highest BCUT2D eigenvalue weighted by Gasteiger charge is 2.21. The van der Waals surface area contributed by atoms with Gasteiger partial charge in [0.25, 0.3) is 0 Å². The quantitative estimate of drug-likeness (QED) is 0.852. The number of aromatic nitrogens is 2. The number of nitrogens with zero attached hydrogens (tertiary/aromatic N) is 2. The zero-order valence-corrected chi connectivity index (χ0v) is 10.6. The second-order valence-corrected chi connectivity index (χ2v) is 4.63. The van der Waals surface area contributed by atoms with Crippen molar-refractivity contribution in [2.75, 3.05) is 11.9 Å². The van der Waals surface area contributed by atoms with E-state index in [1.165, 1.54) is 25.7 Å². The van der Waals surface area contributed by atoms with E-state index in [9.17, 15) is 0 Å². The van der Waals surface area contributed by atoms with Gasteiger partial charge in [-0.1, -0.05) is 12.8 Å². The lowest BCUT2D eigenvalue weighted by Crippen LogP contribution is -2.24. The first-order valence-corrected chi connectivity index (χ1v) is 6.52. The number of ether oxygens (including phenoxy) is 1. The Hall–Kier alpha value is -1.32. The minimum Gasteiger partial charge on any atom is -0.478 e. The smallest absolute Gasteiger partial charge is 0.226 e. The van der Waals surface area contributed by atoms with E-state index in [0.717, 1.165) is 5.92 Å². The number of hydrogen-bond donors (Lipinski definition) is 1. The molecular weight excluding hydrogens is 214 g/mol. The first-order valence-electron chi connectivity index (χ1n) is 6.52. The Morgan fingerprint density at radius 1 is 1.47 bits per heavy atom. The van der Waals surface area contributed by atoms with E-state index >= 15 is 0 Å². The van der Waals surface area contributed by atoms with Crippen molar-refractivity contribution in [3.63, 3.8) is 0 Å². The number of hydrogen-bond acceptors (Lipinski definition) is 4. The van der Waals surface area contributed by atoms with E-state index in [4.69, 9.17) is 4.74 Å². The zero-order valence-electron chi connectivity index (χ0n) is 10.6. The maximum Gasteiger partial charge on any atom is 0.226 e. The van der Waals surface area contributed by atoms with Gasteiger partial charge in [0, 0.05) is 18.3 Å². The molecule has 0 radical (unpaired) electrons. The fraction of sp³-hybridized carbons (Fsp3) is 0.692. The fourth-order valence-electron chi connectivity index (χ4n) is 2.42. The molecule has 0 aliphatic heterocycles. The molecule has 2 rings (SSSR count). The van der Waals surface area contributed by atoms with Crippen LogP contribution in [0.1, 0.15) is 39.5 Å². The summed E-state index contributed by atoms with van der Waals surface area (Å²) in [5, 5.41) is 3.38. The van der Waals surface area contributed by atoms with Gasteiger partial charge in [0.2, 0.25) is 11.8 Å². The number of rotatable bonds is 5. The maximum atomic E-state index is 5.36. The van der Waals surface area contributed by atoms with E-state index in [1.807, 2.05) is 6.92 Å². The van der Waals surface area contributed by atoms with Crippen LogP contribution in [0.2, 0.25) is 0 Å². The second kappa shape index (κ2) is 5.84. The lowest BCUT2D eigenvalue weighted by Gasteiger charge is -2.20. The summed E-state index contributed by atoms with van der Waals surface area (Å²) < 4.78 is 5.36. The average Bonchev–Trinajstić information content (AvgIpc) is 2.83. The third-order valence-electron chi connectivity index (χ3n) is 3.39. The van der Waals surface area contributed by atoms with Gasteiger partial charge in [0.1, 0.15) is 0 Å². The molecule has 1 saturated carbocycles. The molecule has 0 amide bonds. The first kappa shape index (κ1) is 12.1. The van der Waals surface area contributed by atoms with Crippen LogP contribution >= 0.6 is 0 Å². The minimum absolute atomic E-state index is 0.439. The van der Waals surface area contributed by atoms with Gasteiger partial charge in [0.05, 0.1) is 6.61 Å². The molecule has 0 spiro atoms. The van der Waals surface area contributed by atoms with Gasteiger partial charge in [0.15, 0.2) is 0 Å². The topological polar surface area (TPSA) is 47.0 Å². The van der Waals surface area contributed by atoms with E-state index in [-0.39, 0.29) is 0 Å². The summed E-state index contributed by atoms with van der Waals surface area (Å²) in [6, 6.07) is 2.23. The van der Waals surface area contributed by atoms with Gasteiger partial charge in [-0.05, 0) is 32.6 Å². The third kappa shape index (κ3) is 3.32. The standard InChI is InChI=1S/C13H21N3O/c1-3-17-12-8-9-14-13(16-12)15-10(2)11-6-4-5-7-11/h8-11H,3-7H2,1-2H3,(H,14,15,16). The molecule has 4 heteroatoms. The Labute approximate surface area is 103 Å². The van der Waals surface area contributed by atoms with Gasteiger partial charge in [-0.25, -0.2) is 4.98 Å². The molecule has 1 aromatic rings. The molecule has 0 saturated heterocycles. The molecule has 17 heavy (non-hydrogen) atoms. The van der Waals surface area contributed by atoms with E-state index in [0.29, 0.717) is 24.5 Å². The van der Waals surface area contributed by atoms with Crippen LogP contribution < -0.4 is 10.1 Å². The monoisotopic (exact) mass is 235 g/mol. The molecule has 0 aromatic carbocycles. The Morgan fingerprint density at radius 2 is 2.24 bits per heavy atom. The van der Waals surface area contributed by atoms with Crippen LogP contribution in [0.5, 0.6) is 5.88 Å². The van der Waals surface area contributed by atoms with Crippen LogP contribution in [0, 0.1) is 5.92 Å². The Morgan fingerprint density at radius 3 is 2.94 bits per heavy atom. The van der Waals surface area contributed by atoms with Gasteiger partial charge in [-0.15, -0.1) is 0 Å². The van der Waals surface area contributed by atoms with Gasteiger partial charge >= 0.3 is 0 Å². The Balaban J connectivity index is 1.94. The lowest BCUT2D eigenvalue weighted by molar-refractivity contribution is 0.326. The SMILES string of the molecule is CCOc1ccnc(NC(C)C2CCCC2)n1. The molecule has 1 N–H and O–H groups in total. The third-order valence-corrected chi connectivity index (χ3v) is 3.39. The summed E-state index contributed by atoms with van der Waals surface area (Å²) in [6.07, 6.45) is 7.09. The molecule has 4 nitrogen and oxygen atoms in total. The van der Waals surface area contributed by atoms with Crippen molar-refractivity contribution in [3.05, 3.63) is 12.3 Å². The summed E-state index contributed by atoms with van der Waals surface area (Å²) in [7, 11) is 0. The lowest BCUT2D eigenvalue weighted by atomic mass is 10.0. The van der Waals surface area contributed by atoms with E-state index < -0.39 is 0 Å². The summed E-state index contributed by atoms with van der Waals surface area (Å²) >= 11 is 0. The maximum absolute atomic E-state index is 5.36. The average molecular weight is 235 g/mol. The van der Waals surface area contributed by atoms with Gasteiger partial charge < -0.3 is 10.1 Å². The summed E-state index contributed by atoms with van der Waals surface area (Å²) in [5.74, 6) is 2.08. The molecule has 1 atom stereocenters. The molecule has 1 aliphatic rings. The highest BCUT2D eigenvalue weighted by Crippen LogP contribution is 2.28. The van der Waals surface area contributed by atoms with Crippen molar-refractivity contribution in [3.8, 4) is 5.88 Å². The second-order valence-electron chi connectivity index (χ2n) is 4.63. The molecule has 1 heterocycles. The van der Waals surface area contributed by atoms with Crippen molar-refractivity contribution < 1.29 is 4.74 Å².